The maximum Gasteiger partial charge on any atom is 0.256 e. The third-order valence-corrected chi connectivity index (χ3v) is 6.90. The number of likely N-dealkylation sites (tertiary alicyclic amines) is 1. The quantitative estimate of drug-likeness (QED) is 0.570. The van der Waals surface area contributed by atoms with Crippen molar-refractivity contribution in [1.82, 2.24) is 4.90 Å². The summed E-state index contributed by atoms with van der Waals surface area (Å²) in [5, 5.41) is 2.99. The van der Waals surface area contributed by atoms with Crippen molar-refractivity contribution in [1.29, 1.82) is 0 Å². The number of fused-ring (bicyclic) bond motifs is 1. The summed E-state index contributed by atoms with van der Waals surface area (Å²) in [5.74, 6) is 0.687. The van der Waals surface area contributed by atoms with Crippen LogP contribution in [0.5, 0.6) is 5.75 Å². The Hall–Kier alpha value is -3.80. The highest BCUT2D eigenvalue weighted by molar-refractivity contribution is 6.02. The van der Waals surface area contributed by atoms with E-state index in [-0.39, 0.29) is 18.2 Å². The van der Waals surface area contributed by atoms with Gasteiger partial charge in [0.05, 0.1) is 19.1 Å². The van der Waals surface area contributed by atoms with Crippen molar-refractivity contribution in [2.24, 2.45) is 0 Å². The lowest BCUT2D eigenvalue weighted by atomic mass is 9.98. The predicted octanol–water partition coefficient (Wildman–Crippen LogP) is 4.68. The summed E-state index contributed by atoms with van der Waals surface area (Å²) in [6.45, 7) is 3.21. The molecule has 35 heavy (non-hydrogen) atoms. The molecule has 1 saturated heterocycles. The number of amides is 2. The molecule has 0 saturated carbocycles. The van der Waals surface area contributed by atoms with Crippen LogP contribution in [0.4, 0.5) is 11.4 Å². The van der Waals surface area contributed by atoms with Gasteiger partial charge in [-0.15, -0.1) is 0 Å². The zero-order chi connectivity index (χ0) is 24.2. The fourth-order valence-electron chi connectivity index (χ4n) is 4.99. The first-order valence-corrected chi connectivity index (χ1v) is 12.3. The van der Waals surface area contributed by atoms with Crippen LogP contribution in [-0.4, -0.2) is 43.5 Å². The van der Waals surface area contributed by atoms with Crippen molar-refractivity contribution in [3.8, 4) is 5.75 Å². The molecule has 1 N–H and O–H groups in total. The first kappa shape index (κ1) is 23.0. The van der Waals surface area contributed by atoms with E-state index in [0.717, 1.165) is 62.4 Å². The second kappa shape index (κ2) is 10.2. The summed E-state index contributed by atoms with van der Waals surface area (Å²) >= 11 is 0. The van der Waals surface area contributed by atoms with E-state index < -0.39 is 0 Å². The Morgan fingerprint density at radius 2 is 1.66 bits per heavy atom. The number of nitrogens with one attached hydrogen (secondary N) is 1. The normalized spacial score (nSPS) is 15.0. The van der Waals surface area contributed by atoms with Gasteiger partial charge in [-0.1, -0.05) is 36.4 Å². The number of carbonyl (C=O) groups is 2. The van der Waals surface area contributed by atoms with Gasteiger partial charge in [-0.2, -0.15) is 0 Å². The van der Waals surface area contributed by atoms with Crippen molar-refractivity contribution in [3.05, 3.63) is 89.0 Å². The van der Waals surface area contributed by atoms with Crippen LogP contribution in [0.15, 0.2) is 66.7 Å². The first-order valence-electron chi connectivity index (χ1n) is 12.3. The Morgan fingerprint density at radius 1 is 0.914 bits per heavy atom. The third kappa shape index (κ3) is 5.16. The molecule has 0 atom stereocenters. The highest BCUT2D eigenvalue weighted by Gasteiger charge is 2.26. The van der Waals surface area contributed by atoms with E-state index in [9.17, 15) is 9.59 Å². The molecule has 2 amide bonds. The van der Waals surface area contributed by atoms with Crippen LogP contribution in [0.25, 0.3) is 0 Å². The number of nitrogens with zero attached hydrogens (tertiary/aromatic N) is 2. The predicted molar refractivity (Wildman–Crippen MR) is 138 cm³/mol. The van der Waals surface area contributed by atoms with Crippen molar-refractivity contribution < 1.29 is 14.3 Å². The SMILES string of the molecule is COc1ccc(CC(=O)Nc2ccc(N3CCc4ccccc4C3)c(C(=O)N3CCCC3)c2)cc1. The van der Waals surface area contributed by atoms with Crippen LogP contribution in [0.1, 0.15) is 39.9 Å². The molecule has 0 aliphatic carbocycles. The average molecular weight is 470 g/mol. The lowest BCUT2D eigenvalue weighted by molar-refractivity contribution is -0.115. The Labute approximate surface area is 206 Å². The van der Waals surface area contributed by atoms with Crippen molar-refractivity contribution in [3.63, 3.8) is 0 Å². The minimum absolute atomic E-state index is 0.0441. The number of rotatable bonds is 6. The third-order valence-electron chi connectivity index (χ3n) is 6.90. The largest absolute Gasteiger partial charge is 0.497 e. The number of ether oxygens (including phenoxy) is 1. The van der Waals surface area contributed by atoms with Gasteiger partial charge in [-0.25, -0.2) is 0 Å². The molecule has 0 aromatic heterocycles. The second-order valence-corrected chi connectivity index (χ2v) is 9.24. The maximum absolute atomic E-state index is 13.5. The molecule has 6 heteroatoms. The van der Waals surface area contributed by atoms with E-state index in [2.05, 4.69) is 34.5 Å². The standard InChI is InChI=1S/C29H31N3O3/c1-35-25-11-8-21(9-12-25)18-28(33)30-24-10-13-27(26(19-24)29(34)31-15-4-5-16-31)32-17-14-22-6-2-3-7-23(22)20-32/h2-3,6-13,19H,4-5,14-18,20H2,1H3,(H,30,33). The van der Waals surface area contributed by atoms with Crippen LogP contribution >= 0.6 is 0 Å². The molecule has 180 valence electrons. The highest BCUT2D eigenvalue weighted by Crippen LogP contribution is 2.31. The van der Waals surface area contributed by atoms with Gasteiger partial charge in [0, 0.05) is 37.6 Å². The topological polar surface area (TPSA) is 61.9 Å². The number of benzene rings is 3. The van der Waals surface area contributed by atoms with E-state index in [0.29, 0.717) is 11.3 Å². The minimum Gasteiger partial charge on any atom is -0.497 e. The summed E-state index contributed by atoms with van der Waals surface area (Å²) in [6, 6.07) is 21.7. The number of hydrogen-bond acceptors (Lipinski definition) is 4. The molecular formula is C29H31N3O3. The molecular weight excluding hydrogens is 438 g/mol. The Bertz CT molecular complexity index is 1220. The van der Waals surface area contributed by atoms with Gasteiger partial charge < -0.3 is 19.9 Å². The molecule has 3 aromatic carbocycles. The Morgan fingerprint density at radius 3 is 2.40 bits per heavy atom. The van der Waals surface area contributed by atoms with E-state index in [1.165, 1.54) is 11.1 Å². The second-order valence-electron chi connectivity index (χ2n) is 9.24. The number of hydrogen-bond donors (Lipinski definition) is 1. The van der Waals surface area contributed by atoms with Gasteiger partial charge in [0.15, 0.2) is 0 Å². The molecule has 0 spiro atoms. The van der Waals surface area contributed by atoms with Crippen molar-refractivity contribution in [2.75, 3.05) is 37.0 Å². The maximum atomic E-state index is 13.5. The Kier molecular flexibility index (Phi) is 6.70. The summed E-state index contributed by atoms with van der Waals surface area (Å²) in [4.78, 5) is 30.5. The average Bonchev–Trinajstić information content (AvgIpc) is 3.43. The zero-order valence-electron chi connectivity index (χ0n) is 20.1. The van der Waals surface area contributed by atoms with E-state index >= 15 is 0 Å². The van der Waals surface area contributed by atoms with Gasteiger partial charge in [-0.05, 0) is 66.3 Å². The smallest absolute Gasteiger partial charge is 0.256 e. The monoisotopic (exact) mass is 469 g/mol. The number of carbonyl (C=O) groups excluding carboxylic acids is 2. The van der Waals surface area contributed by atoms with Gasteiger partial charge in [0.2, 0.25) is 5.91 Å². The van der Waals surface area contributed by atoms with Crippen molar-refractivity contribution in [2.45, 2.75) is 32.2 Å². The van der Waals surface area contributed by atoms with E-state index in [4.69, 9.17) is 4.74 Å². The van der Waals surface area contributed by atoms with Gasteiger partial charge in [0.1, 0.15) is 5.75 Å². The lowest BCUT2D eigenvalue weighted by Crippen LogP contribution is -2.34. The van der Waals surface area contributed by atoms with Crippen LogP contribution in [0.3, 0.4) is 0 Å². The molecule has 5 rings (SSSR count). The first-order chi connectivity index (χ1) is 17.1. The van der Waals surface area contributed by atoms with Crippen LogP contribution in [0.2, 0.25) is 0 Å². The lowest BCUT2D eigenvalue weighted by Gasteiger charge is -2.33. The zero-order valence-corrected chi connectivity index (χ0v) is 20.1. The molecule has 2 aliphatic heterocycles. The molecule has 0 bridgehead atoms. The van der Waals surface area contributed by atoms with Gasteiger partial charge >= 0.3 is 0 Å². The van der Waals surface area contributed by atoms with E-state index in [1.807, 2.05) is 47.4 Å². The van der Waals surface area contributed by atoms with Gasteiger partial charge in [0.25, 0.3) is 5.91 Å². The molecule has 1 fully saturated rings. The minimum atomic E-state index is -0.116. The molecule has 0 unspecified atom stereocenters. The summed E-state index contributed by atoms with van der Waals surface area (Å²) in [6.07, 6.45) is 3.28. The summed E-state index contributed by atoms with van der Waals surface area (Å²) in [7, 11) is 1.62. The van der Waals surface area contributed by atoms with E-state index in [1.54, 1.807) is 7.11 Å². The fraction of sp³-hybridized carbons (Fsp3) is 0.310. The van der Waals surface area contributed by atoms with Crippen LogP contribution in [-0.2, 0) is 24.2 Å². The summed E-state index contributed by atoms with van der Waals surface area (Å²) in [5.41, 5.74) is 5.82. The highest BCUT2D eigenvalue weighted by atomic mass is 16.5. The van der Waals surface area contributed by atoms with Gasteiger partial charge in [-0.3, -0.25) is 9.59 Å². The van der Waals surface area contributed by atoms with Crippen molar-refractivity contribution >= 4 is 23.2 Å². The Balaban J connectivity index is 1.38. The molecule has 6 nitrogen and oxygen atoms in total. The molecule has 3 aromatic rings. The molecule has 2 heterocycles. The molecule has 2 aliphatic rings. The summed E-state index contributed by atoms with van der Waals surface area (Å²) < 4.78 is 5.19. The number of methoxy groups -OCH3 is 1. The van der Waals surface area contributed by atoms with Crippen LogP contribution < -0.4 is 15.0 Å². The fourth-order valence-corrected chi connectivity index (χ4v) is 4.99. The molecule has 0 radical (unpaired) electrons. The number of anilines is 2. The van der Waals surface area contributed by atoms with Crippen LogP contribution in [0, 0.1) is 0 Å².